The van der Waals surface area contributed by atoms with Crippen molar-refractivity contribution >= 4 is 17.2 Å². The number of nitrogens with one attached hydrogen (secondary N) is 1. The molecule has 3 heterocycles. The van der Waals surface area contributed by atoms with Crippen molar-refractivity contribution in [3.05, 3.63) is 66.5 Å². The predicted octanol–water partition coefficient (Wildman–Crippen LogP) is 1.92. The second-order valence-electron chi connectivity index (χ2n) is 7.70. The van der Waals surface area contributed by atoms with E-state index in [2.05, 4.69) is 7.05 Å². The van der Waals surface area contributed by atoms with Crippen LogP contribution in [0.5, 0.6) is 0 Å². The molecule has 0 bridgehead atoms. The minimum atomic E-state index is -0.446. The lowest BCUT2D eigenvalue weighted by molar-refractivity contribution is -0.885. The number of quaternary nitrogens is 1. The molecule has 0 aliphatic carbocycles. The minimum absolute atomic E-state index is 0.131. The highest BCUT2D eigenvalue weighted by Gasteiger charge is 2.32. The summed E-state index contributed by atoms with van der Waals surface area (Å²) < 4.78 is 1.83. The van der Waals surface area contributed by atoms with Gasteiger partial charge in [-0.1, -0.05) is 36.4 Å². The van der Waals surface area contributed by atoms with Crippen molar-refractivity contribution in [2.24, 2.45) is 0 Å². The molecular formula is C23H26N3O2+. The maximum atomic E-state index is 13.3. The maximum Gasteiger partial charge on any atom is 0.296 e. The fourth-order valence-corrected chi connectivity index (χ4v) is 4.10. The van der Waals surface area contributed by atoms with E-state index in [0.717, 1.165) is 42.6 Å². The van der Waals surface area contributed by atoms with E-state index in [4.69, 9.17) is 0 Å². The van der Waals surface area contributed by atoms with Crippen LogP contribution in [0.4, 0.5) is 0 Å². The number of nitrogens with zero attached hydrogens (tertiary/aromatic N) is 2. The van der Waals surface area contributed by atoms with Crippen LogP contribution in [0.1, 0.15) is 23.3 Å². The van der Waals surface area contributed by atoms with Crippen LogP contribution in [-0.2, 0) is 4.79 Å². The highest BCUT2D eigenvalue weighted by molar-refractivity contribution is 6.43. The highest BCUT2D eigenvalue weighted by Crippen LogP contribution is 2.28. The molecule has 28 heavy (non-hydrogen) atoms. The van der Waals surface area contributed by atoms with Crippen molar-refractivity contribution in [2.45, 2.75) is 18.9 Å². The number of likely N-dealkylation sites (tertiary alicyclic amines) is 1. The Morgan fingerprint density at radius 1 is 1.04 bits per heavy atom. The van der Waals surface area contributed by atoms with Gasteiger partial charge in [-0.25, -0.2) is 0 Å². The first-order valence-electron chi connectivity index (χ1n) is 9.84. The van der Waals surface area contributed by atoms with Crippen LogP contribution in [0.2, 0.25) is 0 Å². The van der Waals surface area contributed by atoms with Crippen molar-refractivity contribution in [2.75, 3.05) is 27.2 Å². The van der Waals surface area contributed by atoms with Crippen LogP contribution in [-0.4, -0.2) is 54.2 Å². The average molecular weight is 376 g/mol. The topological polar surface area (TPSA) is 46.2 Å². The van der Waals surface area contributed by atoms with Crippen molar-refractivity contribution in [3.63, 3.8) is 0 Å². The van der Waals surface area contributed by atoms with Gasteiger partial charge in [0.15, 0.2) is 0 Å². The Labute approximate surface area is 165 Å². The molecule has 3 aromatic rings. The highest BCUT2D eigenvalue weighted by atomic mass is 16.2. The van der Waals surface area contributed by atoms with Gasteiger partial charge in [-0.3, -0.25) is 9.59 Å². The molecule has 1 fully saturated rings. The number of Topliss-reactive ketones (excluding diaryl/α,β-unsaturated/α-hetero) is 1. The Balaban J connectivity index is 1.71. The molecule has 5 heteroatoms. The Morgan fingerprint density at radius 2 is 1.71 bits per heavy atom. The number of hydrogen-bond acceptors (Lipinski definition) is 2. The number of ketones is 1. The van der Waals surface area contributed by atoms with Crippen LogP contribution in [0.25, 0.3) is 16.6 Å². The van der Waals surface area contributed by atoms with Gasteiger partial charge >= 0.3 is 0 Å². The smallest absolute Gasteiger partial charge is 0.296 e. The molecule has 1 saturated heterocycles. The Bertz CT molecular complexity index is 1000. The predicted molar refractivity (Wildman–Crippen MR) is 110 cm³/mol. The molecule has 0 unspecified atom stereocenters. The van der Waals surface area contributed by atoms with E-state index in [9.17, 15) is 9.59 Å². The lowest BCUT2D eigenvalue weighted by Crippen LogP contribution is -3.10. The van der Waals surface area contributed by atoms with Gasteiger partial charge in [-0.05, 0) is 23.8 Å². The molecule has 1 amide bonds. The van der Waals surface area contributed by atoms with E-state index in [-0.39, 0.29) is 6.04 Å². The number of pyridine rings is 1. The molecule has 0 spiro atoms. The van der Waals surface area contributed by atoms with Crippen LogP contribution in [0.3, 0.4) is 0 Å². The molecule has 1 N–H and O–H groups in total. The number of fused-ring (bicyclic) bond motifs is 1. The number of aromatic nitrogens is 1. The summed E-state index contributed by atoms with van der Waals surface area (Å²) in [5.74, 6) is -0.871. The number of carbonyl (C=O) groups is 2. The summed E-state index contributed by atoms with van der Waals surface area (Å²) in [6, 6.07) is 17.7. The number of carbonyl (C=O) groups excluding carboxylic acids is 2. The Morgan fingerprint density at radius 3 is 2.43 bits per heavy atom. The molecule has 1 aliphatic rings. The van der Waals surface area contributed by atoms with E-state index in [1.807, 2.05) is 65.2 Å². The number of likely N-dealkylation sites (N-methyl/N-ethyl adjacent to an activating group) is 1. The summed E-state index contributed by atoms with van der Waals surface area (Å²) in [6.45, 7) is 2.06. The summed E-state index contributed by atoms with van der Waals surface area (Å²) in [5, 5.41) is 0. The normalized spacial score (nSPS) is 19.5. The second kappa shape index (κ2) is 7.60. The molecule has 5 nitrogen and oxygen atoms in total. The third kappa shape index (κ3) is 3.34. The summed E-state index contributed by atoms with van der Waals surface area (Å²) in [5.41, 5.74) is 3.08. The third-order valence-electron chi connectivity index (χ3n) is 5.85. The number of amides is 1. The van der Waals surface area contributed by atoms with Crippen LogP contribution in [0, 0.1) is 0 Å². The fraction of sp³-hybridized carbons (Fsp3) is 0.304. The van der Waals surface area contributed by atoms with E-state index < -0.39 is 11.7 Å². The van der Waals surface area contributed by atoms with Crippen molar-refractivity contribution in [3.8, 4) is 11.1 Å². The van der Waals surface area contributed by atoms with E-state index in [0.29, 0.717) is 5.69 Å². The molecule has 1 aliphatic heterocycles. The van der Waals surface area contributed by atoms with E-state index in [1.165, 1.54) is 4.90 Å². The zero-order chi connectivity index (χ0) is 19.7. The molecule has 144 valence electrons. The molecule has 0 radical (unpaired) electrons. The van der Waals surface area contributed by atoms with Crippen molar-refractivity contribution in [1.29, 1.82) is 0 Å². The third-order valence-corrected chi connectivity index (χ3v) is 5.85. The van der Waals surface area contributed by atoms with Gasteiger partial charge in [0.1, 0.15) is 5.69 Å². The van der Waals surface area contributed by atoms with Gasteiger partial charge in [0.05, 0.1) is 20.1 Å². The zero-order valence-corrected chi connectivity index (χ0v) is 16.4. The molecule has 1 aromatic carbocycles. The number of piperidine rings is 1. The number of benzene rings is 1. The van der Waals surface area contributed by atoms with Crippen LogP contribution in [0.15, 0.2) is 60.8 Å². The first-order chi connectivity index (χ1) is 13.6. The fourth-order valence-electron chi connectivity index (χ4n) is 4.10. The quantitative estimate of drug-likeness (QED) is 0.559. The van der Waals surface area contributed by atoms with Gasteiger partial charge in [-0.15, -0.1) is 0 Å². The molecular weight excluding hydrogens is 350 g/mol. The van der Waals surface area contributed by atoms with Gasteiger partial charge in [0.2, 0.25) is 0 Å². The van der Waals surface area contributed by atoms with E-state index >= 15 is 0 Å². The summed E-state index contributed by atoms with van der Waals surface area (Å²) in [7, 11) is 3.94. The van der Waals surface area contributed by atoms with Crippen LogP contribution >= 0.6 is 0 Å². The minimum Gasteiger partial charge on any atom is -0.337 e. The number of rotatable bonds is 4. The Kier molecular flexibility index (Phi) is 5.01. The molecule has 4 rings (SSSR count). The first-order valence-corrected chi connectivity index (χ1v) is 9.84. The maximum absolute atomic E-state index is 13.3. The lowest BCUT2D eigenvalue weighted by Gasteiger charge is -2.32. The SMILES string of the molecule is CN(C(=O)C(=O)c1c(-c2ccccc2)cc2ccccn12)C1CC[NH+](C)CC1. The second-order valence-corrected chi connectivity index (χ2v) is 7.70. The first kappa shape index (κ1) is 18.4. The molecule has 2 aromatic heterocycles. The zero-order valence-electron chi connectivity index (χ0n) is 16.4. The van der Waals surface area contributed by atoms with Crippen molar-refractivity contribution in [1.82, 2.24) is 9.30 Å². The van der Waals surface area contributed by atoms with E-state index in [1.54, 1.807) is 11.9 Å². The summed E-state index contributed by atoms with van der Waals surface area (Å²) in [6.07, 6.45) is 3.71. The monoisotopic (exact) mass is 376 g/mol. The van der Waals surface area contributed by atoms with Crippen LogP contribution < -0.4 is 4.90 Å². The Hall–Kier alpha value is -2.92. The summed E-state index contributed by atoms with van der Waals surface area (Å²) >= 11 is 0. The molecule has 0 saturated carbocycles. The van der Waals surface area contributed by atoms with Gasteiger partial charge in [-0.2, -0.15) is 0 Å². The number of hydrogen-bond donors (Lipinski definition) is 1. The largest absolute Gasteiger partial charge is 0.337 e. The lowest BCUT2D eigenvalue weighted by atomic mass is 10.0. The van der Waals surface area contributed by atoms with Gasteiger partial charge in [0.25, 0.3) is 11.7 Å². The van der Waals surface area contributed by atoms with Crippen molar-refractivity contribution < 1.29 is 14.5 Å². The van der Waals surface area contributed by atoms with Gasteiger partial charge < -0.3 is 14.2 Å². The molecule has 0 atom stereocenters. The standard InChI is InChI=1S/C23H25N3O2/c1-24-14-11-18(12-15-24)25(2)23(28)22(27)21-20(17-8-4-3-5-9-17)16-19-10-6-7-13-26(19)21/h3-10,13,16,18H,11-12,14-15H2,1-2H3/p+1. The summed E-state index contributed by atoms with van der Waals surface area (Å²) in [4.78, 5) is 29.6. The van der Waals surface area contributed by atoms with Gasteiger partial charge in [0, 0.05) is 43.2 Å². The average Bonchev–Trinajstić information content (AvgIpc) is 3.13.